The van der Waals surface area contributed by atoms with Gasteiger partial charge in [0.1, 0.15) is 5.60 Å². The highest BCUT2D eigenvalue weighted by Gasteiger charge is 2.37. The van der Waals surface area contributed by atoms with Gasteiger partial charge >= 0.3 is 12.1 Å². The minimum absolute atomic E-state index is 0.0160. The molecule has 0 aromatic heterocycles. The molecule has 3 N–H and O–H groups in total. The fourth-order valence-electron chi connectivity index (χ4n) is 2.02. The molecule has 2 atom stereocenters. The average molecular weight is 288 g/mol. The third-order valence-electron chi connectivity index (χ3n) is 2.80. The molecule has 6 nitrogen and oxygen atoms in total. The maximum absolute atomic E-state index is 11.9. The Morgan fingerprint density at radius 2 is 1.70 bits per heavy atom. The van der Waals surface area contributed by atoms with Crippen LogP contribution in [0.5, 0.6) is 0 Å². The van der Waals surface area contributed by atoms with E-state index in [0.717, 1.165) is 0 Å². The molecule has 0 rings (SSSR count). The Kier molecular flexibility index (Phi) is 6.47. The number of hydrogen-bond acceptors (Lipinski definition) is 5. The number of esters is 1. The normalized spacial score (nSPS) is 16.2. The van der Waals surface area contributed by atoms with Crippen LogP contribution in [0.1, 0.15) is 48.0 Å². The first kappa shape index (κ1) is 18.7. The first-order valence-corrected chi connectivity index (χ1v) is 6.74. The van der Waals surface area contributed by atoms with Crippen LogP contribution in [0.25, 0.3) is 0 Å². The molecule has 118 valence electrons. The van der Waals surface area contributed by atoms with Gasteiger partial charge in [-0.25, -0.2) is 4.79 Å². The number of amides is 1. The molecular weight excluding hydrogens is 260 g/mol. The number of ether oxygens (including phenoxy) is 2. The Hall–Kier alpha value is -1.30. The molecule has 0 aliphatic rings. The minimum atomic E-state index is -0.918. The Labute approximate surface area is 121 Å². The van der Waals surface area contributed by atoms with Crippen LogP contribution in [0.2, 0.25) is 0 Å². The van der Waals surface area contributed by atoms with Crippen LogP contribution in [-0.4, -0.2) is 36.4 Å². The van der Waals surface area contributed by atoms with Crippen molar-refractivity contribution in [3.05, 3.63) is 0 Å². The number of nitrogens with one attached hydrogen (secondary N) is 1. The van der Waals surface area contributed by atoms with Crippen LogP contribution in [0.3, 0.4) is 0 Å². The van der Waals surface area contributed by atoms with Gasteiger partial charge in [0.25, 0.3) is 0 Å². The number of methoxy groups -OCH3 is 1. The van der Waals surface area contributed by atoms with Crippen molar-refractivity contribution in [1.82, 2.24) is 5.32 Å². The van der Waals surface area contributed by atoms with Crippen LogP contribution in [-0.2, 0) is 14.3 Å². The first-order chi connectivity index (χ1) is 8.89. The van der Waals surface area contributed by atoms with Crippen LogP contribution in [0, 0.1) is 5.92 Å². The number of rotatable bonds is 5. The van der Waals surface area contributed by atoms with Crippen LogP contribution in [0.15, 0.2) is 0 Å². The van der Waals surface area contributed by atoms with Gasteiger partial charge in [-0.15, -0.1) is 0 Å². The predicted molar refractivity (Wildman–Crippen MR) is 77.2 cm³/mol. The molecule has 20 heavy (non-hydrogen) atoms. The van der Waals surface area contributed by atoms with E-state index in [-0.39, 0.29) is 12.3 Å². The van der Waals surface area contributed by atoms with Crippen molar-refractivity contribution < 1.29 is 19.1 Å². The lowest BCUT2D eigenvalue weighted by molar-refractivity contribution is -0.142. The van der Waals surface area contributed by atoms with Crippen molar-refractivity contribution in [2.24, 2.45) is 11.7 Å². The molecule has 0 spiro atoms. The highest BCUT2D eigenvalue weighted by Crippen LogP contribution is 2.20. The fraction of sp³-hybridized carbons (Fsp3) is 0.857. The number of hydrogen-bond donors (Lipinski definition) is 2. The number of carbonyl (C=O) groups is 2. The maximum atomic E-state index is 11.9. The summed E-state index contributed by atoms with van der Waals surface area (Å²) in [6.07, 6.45) is -0.528. The second kappa shape index (κ2) is 6.92. The maximum Gasteiger partial charge on any atom is 0.407 e. The summed E-state index contributed by atoms with van der Waals surface area (Å²) in [5.41, 5.74) is 4.68. The zero-order valence-electron chi connectivity index (χ0n) is 13.6. The van der Waals surface area contributed by atoms with E-state index in [4.69, 9.17) is 10.5 Å². The summed E-state index contributed by atoms with van der Waals surface area (Å²) in [6, 6.07) is -0.406. The highest BCUT2D eigenvalue weighted by atomic mass is 16.6. The van der Waals surface area contributed by atoms with Crippen molar-refractivity contribution >= 4 is 12.1 Å². The van der Waals surface area contributed by atoms with E-state index in [1.807, 2.05) is 13.8 Å². The SMILES string of the molecule is COC(=O)CC(C)(N)C(NC(=O)OC(C)(C)C)C(C)C. The molecule has 0 aromatic rings. The smallest absolute Gasteiger partial charge is 0.407 e. The van der Waals surface area contributed by atoms with E-state index in [1.54, 1.807) is 27.7 Å². The summed E-state index contributed by atoms with van der Waals surface area (Å²) in [4.78, 5) is 23.3. The molecule has 0 bridgehead atoms. The van der Waals surface area contributed by atoms with E-state index in [0.29, 0.717) is 0 Å². The highest BCUT2D eigenvalue weighted by molar-refractivity contribution is 5.72. The van der Waals surface area contributed by atoms with Gasteiger partial charge in [0.05, 0.1) is 19.6 Å². The van der Waals surface area contributed by atoms with Crippen molar-refractivity contribution in [2.45, 2.75) is 65.1 Å². The second-order valence-electron chi connectivity index (χ2n) is 6.63. The monoisotopic (exact) mass is 288 g/mol. The van der Waals surface area contributed by atoms with Gasteiger partial charge in [-0.1, -0.05) is 13.8 Å². The topological polar surface area (TPSA) is 90.6 Å². The molecule has 0 aliphatic heterocycles. The molecule has 2 unspecified atom stereocenters. The Balaban J connectivity index is 4.88. The standard InChI is InChI=1S/C14H28N2O4/c1-9(2)11(14(6,15)8-10(17)19-7)16-12(18)20-13(3,4)5/h9,11H,8,15H2,1-7H3,(H,16,18). The third kappa shape index (κ3) is 6.75. The summed E-state index contributed by atoms with van der Waals surface area (Å²) < 4.78 is 9.86. The zero-order chi connectivity index (χ0) is 16.1. The summed E-state index contributed by atoms with van der Waals surface area (Å²) in [7, 11) is 1.31. The molecule has 6 heteroatoms. The number of nitrogens with two attached hydrogens (primary N) is 1. The molecule has 0 fully saturated rings. The van der Waals surface area contributed by atoms with Crippen LogP contribution < -0.4 is 11.1 Å². The number of alkyl carbamates (subject to hydrolysis) is 1. The Bertz CT molecular complexity index is 346. The summed E-state index contributed by atoms with van der Waals surface area (Å²) in [5.74, 6) is -0.367. The van der Waals surface area contributed by atoms with Crippen molar-refractivity contribution in [3.8, 4) is 0 Å². The molecule has 0 radical (unpaired) electrons. The van der Waals surface area contributed by atoms with Gasteiger partial charge < -0.3 is 20.5 Å². The predicted octanol–water partition coefficient (Wildman–Crippen LogP) is 1.82. The molecule has 1 amide bonds. The van der Waals surface area contributed by atoms with Crippen molar-refractivity contribution in [1.29, 1.82) is 0 Å². The lowest BCUT2D eigenvalue weighted by Crippen LogP contribution is -2.60. The van der Waals surface area contributed by atoms with Gasteiger partial charge in [0, 0.05) is 5.54 Å². The van der Waals surface area contributed by atoms with Gasteiger partial charge in [-0.3, -0.25) is 4.79 Å². The van der Waals surface area contributed by atoms with Gasteiger partial charge in [0.15, 0.2) is 0 Å². The molecule has 0 aliphatic carbocycles. The molecule has 0 saturated carbocycles. The van der Waals surface area contributed by atoms with E-state index in [1.165, 1.54) is 7.11 Å². The zero-order valence-corrected chi connectivity index (χ0v) is 13.6. The first-order valence-electron chi connectivity index (χ1n) is 6.74. The van der Waals surface area contributed by atoms with Crippen molar-refractivity contribution in [3.63, 3.8) is 0 Å². The quantitative estimate of drug-likeness (QED) is 0.753. The van der Waals surface area contributed by atoms with Gasteiger partial charge in [-0.2, -0.15) is 0 Å². The minimum Gasteiger partial charge on any atom is -0.469 e. The molecule has 0 saturated heterocycles. The van der Waals surface area contributed by atoms with Crippen LogP contribution in [0.4, 0.5) is 4.79 Å². The lowest BCUT2D eigenvalue weighted by atomic mass is 9.83. The van der Waals surface area contributed by atoms with Crippen molar-refractivity contribution in [2.75, 3.05) is 7.11 Å². The lowest BCUT2D eigenvalue weighted by Gasteiger charge is -2.37. The average Bonchev–Trinajstić information content (AvgIpc) is 2.22. The van der Waals surface area contributed by atoms with Gasteiger partial charge in [0.2, 0.25) is 0 Å². The summed E-state index contributed by atoms with van der Waals surface area (Å²) >= 11 is 0. The second-order valence-corrected chi connectivity index (χ2v) is 6.63. The Morgan fingerprint density at radius 3 is 2.05 bits per heavy atom. The van der Waals surface area contributed by atoms with E-state index in [2.05, 4.69) is 10.1 Å². The largest absolute Gasteiger partial charge is 0.469 e. The van der Waals surface area contributed by atoms with E-state index < -0.39 is 29.2 Å². The van der Waals surface area contributed by atoms with E-state index in [9.17, 15) is 9.59 Å². The third-order valence-corrected chi connectivity index (χ3v) is 2.80. The number of carbonyl (C=O) groups excluding carboxylic acids is 2. The molecule has 0 aromatic carbocycles. The fourth-order valence-corrected chi connectivity index (χ4v) is 2.02. The molecular formula is C14H28N2O4. The Morgan fingerprint density at radius 1 is 1.20 bits per heavy atom. The summed E-state index contributed by atoms with van der Waals surface area (Å²) in [5, 5.41) is 2.75. The van der Waals surface area contributed by atoms with Crippen LogP contribution >= 0.6 is 0 Å². The molecule has 0 heterocycles. The summed E-state index contributed by atoms with van der Waals surface area (Å²) in [6.45, 7) is 10.9. The van der Waals surface area contributed by atoms with E-state index >= 15 is 0 Å². The van der Waals surface area contributed by atoms with Gasteiger partial charge in [-0.05, 0) is 33.6 Å².